The van der Waals surface area contributed by atoms with Crippen LogP contribution >= 0.6 is 0 Å². The van der Waals surface area contributed by atoms with E-state index < -0.39 is 12.1 Å². The summed E-state index contributed by atoms with van der Waals surface area (Å²) in [7, 11) is 3.38. The van der Waals surface area contributed by atoms with Crippen LogP contribution in [0.1, 0.15) is 210 Å². The average Bonchev–Trinajstić information content (AvgIpc) is 3.88. The smallest absolute Gasteiger partial charge is 0.475 e. The van der Waals surface area contributed by atoms with Crippen molar-refractivity contribution in [1.29, 1.82) is 0 Å². The van der Waals surface area contributed by atoms with E-state index >= 15 is 0 Å². The molecule has 0 amide bonds. The van der Waals surface area contributed by atoms with Crippen molar-refractivity contribution in [3.8, 4) is 0 Å². The maximum absolute atomic E-state index is 10.7. The molecule has 0 saturated heterocycles. The fraction of sp³-hybridized carbons (Fsp3) is 0.903. The van der Waals surface area contributed by atoms with Gasteiger partial charge in [0.2, 0.25) is 0 Å². The van der Waals surface area contributed by atoms with E-state index in [0.29, 0.717) is 34.4 Å². The van der Waals surface area contributed by atoms with Crippen LogP contribution in [0.15, 0.2) is 23.3 Å². The molecule has 0 heterocycles. The lowest BCUT2D eigenvalue weighted by atomic mass is 9.47. The van der Waals surface area contributed by atoms with Crippen molar-refractivity contribution in [2.75, 3.05) is 27.4 Å². The van der Waals surface area contributed by atoms with E-state index in [1.807, 2.05) is 0 Å². The van der Waals surface area contributed by atoms with E-state index in [4.69, 9.17) is 28.8 Å². The van der Waals surface area contributed by atoms with Crippen LogP contribution in [0.25, 0.3) is 0 Å². The van der Waals surface area contributed by atoms with Crippen molar-refractivity contribution in [3.05, 3.63) is 23.3 Å². The van der Waals surface area contributed by atoms with Crippen LogP contribution in [-0.4, -0.2) is 69.5 Å². The Bertz CT molecular complexity index is 1810. The highest BCUT2D eigenvalue weighted by Gasteiger charge is 2.61. The third-order valence-corrected chi connectivity index (χ3v) is 22.2. The van der Waals surface area contributed by atoms with Crippen molar-refractivity contribution in [2.24, 2.45) is 92.7 Å². The molecule has 0 aromatic carbocycles. The Hall–Kier alpha value is -1.75. The minimum atomic E-state index is -5.08. The molecule has 0 aliphatic heterocycles. The number of aliphatic carboxylic acids is 1. The predicted octanol–water partition coefficient (Wildman–Crippen LogP) is 16.3. The van der Waals surface area contributed by atoms with Gasteiger partial charge in [-0.1, -0.05) is 131 Å². The number of hydrogen-bond acceptors (Lipinski definition) is 6. The van der Waals surface area contributed by atoms with Gasteiger partial charge in [0.05, 0.1) is 18.8 Å². The van der Waals surface area contributed by atoms with Crippen LogP contribution in [0.4, 0.5) is 13.2 Å². The van der Waals surface area contributed by atoms with Crippen LogP contribution < -0.4 is 0 Å². The van der Waals surface area contributed by atoms with Gasteiger partial charge in [0.15, 0.2) is 6.29 Å². The summed E-state index contributed by atoms with van der Waals surface area (Å²) in [5.74, 6) is 8.03. The lowest BCUT2D eigenvalue weighted by molar-refractivity contribution is -0.192. The first-order valence-corrected chi connectivity index (χ1v) is 29.4. The first-order valence-electron chi connectivity index (χ1n) is 29.4. The summed E-state index contributed by atoms with van der Waals surface area (Å²) >= 11 is 0. The number of halogens is 3. The van der Waals surface area contributed by atoms with Gasteiger partial charge in [0.25, 0.3) is 0 Å². The summed E-state index contributed by atoms with van der Waals surface area (Å²) in [6.07, 6.45) is 31.3. The molecule has 6 saturated carbocycles. The summed E-state index contributed by atoms with van der Waals surface area (Å²) in [5.41, 5.74) is 5.30. The van der Waals surface area contributed by atoms with Crippen LogP contribution in [0, 0.1) is 92.7 Å². The normalized spacial score (nSPS) is 38.8. The lowest BCUT2D eigenvalue weighted by Gasteiger charge is -2.58. The van der Waals surface area contributed by atoms with Gasteiger partial charge in [-0.25, -0.2) is 4.79 Å². The number of carbonyl (C=O) groups is 2. The van der Waals surface area contributed by atoms with Crippen molar-refractivity contribution >= 4 is 12.3 Å². The number of allylic oxidation sites excluding steroid dienone is 2. The zero-order chi connectivity index (χ0) is 52.8. The van der Waals surface area contributed by atoms with Crippen LogP contribution in [0.2, 0.25) is 0 Å². The van der Waals surface area contributed by atoms with Crippen LogP contribution in [0.3, 0.4) is 0 Å². The van der Waals surface area contributed by atoms with Crippen molar-refractivity contribution in [3.63, 3.8) is 0 Å². The Morgan fingerprint density at radius 3 is 1.43 bits per heavy atom. The highest BCUT2D eigenvalue weighted by molar-refractivity contribution is 5.73. The summed E-state index contributed by atoms with van der Waals surface area (Å²) in [6, 6.07) is 0. The SMILES string of the molecule is CC(C)CCC[C@@H](C)[C@H]1CCC2C3CC=C4C[C@@H](OCC=O)CC[C@]4(C)C3CC[C@@]21C.COC(CO[C@H]1CC[C@@]2(C)C(=CCC3C2CC[C@@]2(C)C3CC[C@@H]2[C@H](C)CCCC(C)C)C1)OC.O=C(O)C(F)(F)F. The van der Waals surface area contributed by atoms with Crippen molar-refractivity contribution in [2.45, 2.75) is 235 Å². The number of carboxylic acid groups (broad SMARTS) is 1. The molecule has 8 aliphatic rings. The molecule has 1 N–H and O–H groups in total. The predicted molar refractivity (Wildman–Crippen MR) is 283 cm³/mol. The molecule has 0 aromatic heterocycles. The number of methoxy groups -OCH3 is 2. The molecular formula is C62H103F3O7. The lowest BCUT2D eigenvalue weighted by Crippen LogP contribution is -2.51. The van der Waals surface area contributed by atoms with Crippen molar-refractivity contribution < 1.29 is 46.8 Å². The summed E-state index contributed by atoms with van der Waals surface area (Å²) in [4.78, 5) is 19.6. The second-order valence-corrected chi connectivity index (χ2v) is 26.8. The number of carboxylic acids is 1. The van der Waals surface area contributed by atoms with Gasteiger partial charge in [0.1, 0.15) is 12.9 Å². The molecule has 8 rings (SSSR count). The summed E-state index contributed by atoms with van der Waals surface area (Å²) < 4.78 is 54.5. The fourth-order valence-corrected chi connectivity index (χ4v) is 18.2. The third-order valence-electron chi connectivity index (χ3n) is 22.2. The van der Waals surface area contributed by atoms with Gasteiger partial charge < -0.3 is 28.8 Å². The first-order chi connectivity index (χ1) is 34.0. The fourth-order valence-electron chi connectivity index (χ4n) is 18.2. The molecule has 7 nitrogen and oxygen atoms in total. The van der Waals surface area contributed by atoms with E-state index in [-0.39, 0.29) is 19.0 Å². The van der Waals surface area contributed by atoms with E-state index in [0.717, 1.165) is 96.6 Å². The molecule has 6 unspecified atom stereocenters. The number of hydrogen-bond donors (Lipinski definition) is 1. The first kappa shape index (κ1) is 59.5. The molecule has 414 valence electrons. The molecule has 16 atom stereocenters. The van der Waals surface area contributed by atoms with Crippen LogP contribution in [-0.2, 0) is 28.5 Å². The topological polar surface area (TPSA) is 91.3 Å². The molecule has 10 heteroatoms. The minimum absolute atomic E-state index is 0.253. The maximum atomic E-state index is 10.7. The Labute approximate surface area is 436 Å². The van der Waals surface area contributed by atoms with Gasteiger partial charge in [-0.3, -0.25) is 0 Å². The van der Waals surface area contributed by atoms with Gasteiger partial charge in [-0.15, -0.1) is 0 Å². The average molecular weight is 1020 g/mol. The third kappa shape index (κ3) is 13.1. The molecule has 6 fully saturated rings. The molecule has 0 aromatic rings. The number of rotatable bonds is 18. The molecule has 8 aliphatic carbocycles. The zero-order valence-corrected chi connectivity index (χ0v) is 47.4. The van der Waals surface area contributed by atoms with E-state index in [1.165, 1.54) is 122 Å². The Kier molecular flexibility index (Phi) is 20.8. The molecule has 0 radical (unpaired) electrons. The number of aldehydes is 1. The van der Waals surface area contributed by atoms with Crippen molar-refractivity contribution in [1.82, 2.24) is 0 Å². The highest BCUT2D eigenvalue weighted by atomic mass is 19.4. The second-order valence-electron chi connectivity index (χ2n) is 26.8. The quantitative estimate of drug-likeness (QED) is 0.0831. The van der Waals surface area contributed by atoms with E-state index in [9.17, 15) is 18.0 Å². The standard InChI is InChI=1S/C31H54O3.C29H48O2.C2HF3O2/c1-21(2)9-8-10-22(3)26-13-14-27-25-12-11-23-19-24(34-20-29(32-6)33-7)15-17-30(23,4)28(25)16-18-31(26,27)5;1-20(2)7-6-8-21(3)25-11-12-26-24-10-9-22-19-23(31-18-17-30)13-15-28(22,4)27(24)14-16-29(25,26)5;3-2(4,5)1(6)7/h11,21-22,24-29H,8-10,12-20H2,1-7H3;9,17,20-21,23-27H,6-8,10-16,18-19H2,1-5H3;(H,6,7)/t22-,24+,25?,26-,27?,28?,30+,31-;21-,23+,24?,25-,26?,27?,28+,29-;/m11./s1. The van der Waals surface area contributed by atoms with Gasteiger partial charge in [-0.05, 0) is 195 Å². The second kappa shape index (κ2) is 25.2. The number of alkyl halides is 3. The maximum Gasteiger partial charge on any atom is 0.490 e. The molecular weight excluding hydrogens is 914 g/mol. The number of ether oxygens (including phenoxy) is 4. The monoisotopic (exact) mass is 1020 g/mol. The van der Waals surface area contributed by atoms with Gasteiger partial charge in [-0.2, -0.15) is 13.2 Å². The minimum Gasteiger partial charge on any atom is -0.475 e. The van der Waals surface area contributed by atoms with Gasteiger partial charge >= 0.3 is 12.1 Å². The molecule has 0 bridgehead atoms. The summed E-state index contributed by atoms with van der Waals surface area (Å²) in [6.45, 7) is 26.0. The summed E-state index contributed by atoms with van der Waals surface area (Å²) in [5, 5.41) is 7.12. The van der Waals surface area contributed by atoms with E-state index in [1.54, 1.807) is 25.4 Å². The Morgan fingerprint density at radius 1 is 0.639 bits per heavy atom. The Balaban J connectivity index is 0.000000208. The van der Waals surface area contributed by atoms with Crippen LogP contribution in [0.5, 0.6) is 0 Å². The highest BCUT2D eigenvalue weighted by Crippen LogP contribution is 2.69. The molecule has 0 spiro atoms. The van der Waals surface area contributed by atoms with Gasteiger partial charge in [0, 0.05) is 14.2 Å². The van der Waals surface area contributed by atoms with E-state index in [2.05, 4.69) is 81.4 Å². The molecule has 72 heavy (non-hydrogen) atoms. The number of carbonyl (C=O) groups excluding carboxylic acids is 1. The number of fused-ring (bicyclic) bond motifs is 10. The zero-order valence-electron chi connectivity index (χ0n) is 47.4. The Morgan fingerprint density at radius 2 is 1.06 bits per heavy atom. The largest absolute Gasteiger partial charge is 0.490 e.